The number of methoxy groups -OCH3 is 2. The summed E-state index contributed by atoms with van der Waals surface area (Å²) in [5.74, 6) is 1.35. The average Bonchev–Trinajstić information content (AvgIpc) is 2.47. The largest absolute Gasteiger partial charge is 0.493 e. The number of halogens is 2. The van der Waals surface area contributed by atoms with Gasteiger partial charge in [0.2, 0.25) is 0 Å². The maximum Gasteiger partial charge on any atom is 0.161 e. The Morgan fingerprint density at radius 3 is 2.29 bits per heavy atom. The minimum absolute atomic E-state index is 0.511. The maximum atomic E-state index is 6.10. The first-order chi connectivity index (χ1) is 10.0. The second kappa shape index (κ2) is 6.83. The number of hydrogen-bond donors (Lipinski definition) is 0. The van der Waals surface area contributed by atoms with Gasteiger partial charge in [0.15, 0.2) is 11.5 Å². The summed E-state index contributed by atoms with van der Waals surface area (Å²) in [6.07, 6.45) is 1.74. The van der Waals surface area contributed by atoms with E-state index in [1.807, 2.05) is 19.1 Å². The van der Waals surface area contributed by atoms with Gasteiger partial charge in [-0.3, -0.25) is 4.99 Å². The van der Waals surface area contributed by atoms with E-state index < -0.39 is 0 Å². The van der Waals surface area contributed by atoms with E-state index >= 15 is 0 Å². The zero-order chi connectivity index (χ0) is 15.4. The van der Waals surface area contributed by atoms with Gasteiger partial charge in [-0.1, -0.05) is 23.2 Å². The molecule has 2 rings (SSSR count). The molecule has 21 heavy (non-hydrogen) atoms. The van der Waals surface area contributed by atoms with Crippen LogP contribution in [0, 0.1) is 6.92 Å². The molecule has 110 valence electrons. The normalized spacial score (nSPS) is 10.9. The molecule has 0 bridgehead atoms. The van der Waals surface area contributed by atoms with Crippen LogP contribution in [0.25, 0.3) is 0 Å². The first kappa shape index (κ1) is 15.7. The fourth-order valence-electron chi connectivity index (χ4n) is 1.86. The first-order valence-electron chi connectivity index (χ1n) is 6.27. The molecule has 0 N–H and O–H groups in total. The number of hydrogen-bond acceptors (Lipinski definition) is 3. The molecule has 0 aliphatic carbocycles. The zero-order valence-corrected chi connectivity index (χ0v) is 13.5. The van der Waals surface area contributed by atoms with E-state index in [1.54, 1.807) is 38.6 Å². The smallest absolute Gasteiger partial charge is 0.161 e. The van der Waals surface area contributed by atoms with Crippen LogP contribution in [0.2, 0.25) is 10.0 Å². The molecule has 0 aliphatic heterocycles. The predicted molar refractivity (Wildman–Crippen MR) is 88.0 cm³/mol. The lowest BCUT2D eigenvalue weighted by atomic mass is 10.1. The molecule has 2 aromatic carbocycles. The summed E-state index contributed by atoms with van der Waals surface area (Å²) in [6.45, 7) is 1.98. The van der Waals surface area contributed by atoms with Crippen molar-refractivity contribution >= 4 is 35.1 Å². The summed E-state index contributed by atoms with van der Waals surface area (Å²) in [4.78, 5) is 4.40. The van der Waals surface area contributed by atoms with Crippen molar-refractivity contribution in [2.45, 2.75) is 6.92 Å². The summed E-state index contributed by atoms with van der Waals surface area (Å²) in [5.41, 5.74) is 2.62. The number of aliphatic imine (C=N–C) groups is 1. The number of rotatable bonds is 4. The summed E-state index contributed by atoms with van der Waals surface area (Å²) in [5, 5.41) is 1.10. The van der Waals surface area contributed by atoms with Crippen molar-refractivity contribution in [2.24, 2.45) is 4.99 Å². The highest BCUT2D eigenvalue weighted by Crippen LogP contribution is 2.31. The van der Waals surface area contributed by atoms with Gasteiger partial charge in [-0.05, 0) is 48.4 Å². The SMILES string of the molecule is COc1cc(C)c(C=Nc2ccc(Cl)cc2Cl)cc1OC. The zero-order valence-electron chi connectivity index (χ0n) is 12.0. The van der Waals surface area contributed by atoms with E-state index in [9.17, 15) is 0 Å². The molecule has 0 heterocycles. The number of nitrogens with zero attached hydrogens (tertiary/aromatic N) is 1. The van der Waals surface area contributed by atoms with E-state index in [2.05, 4.69) is 4.99 Å². The van der Waals surface area contributed by atoms with Gasteiger partial charge in [-0.25, -0.2) is 0 Å². The van der Waals surface area contributed by atoms with Gasteiger partial charge in [0.05, 0.1) is 24.9 Å². The van der Waals surface area contributed by atoms with Gasteiger partial charge >= 0.3 is 0 Å². The van der Waals surface area contributed by atoms with Crippen LogP contribution < -0.4 is 9.47 Å². The Kier molecular flexibility index (Phi) is 5.10. The molecular weight excluding hydrogens is 309 g/mol. The topological polar surface area (TPSA) is 30.8 Å². The molecule has 0 spiro atoms. The van der Waals surface area contributed by atoms with E-state index in [0.717, 1.165) is 11.1 Å². The third kappa shape index (κ3) is 3.69. The van der Waals surface area contributed by atoms with E-state index in [-0.39, 0.29) is 0 Å². The average molecular weight is 324 g/mol. The van der Waals surface area contributed by atoms with E-state index in [0.29, 0.717) is 27.2 Å². The minimum atomic E-state index is 0.511. The second-order valence-corrected chi connectivity index (χ2v) is 5.26. The number of benzene rings is 2. The Bertz CT molecular complexity index is 684. The molecule has 0 amide bonds. The van der Waals surface area contributed by atoms with Crippen LogP contribution in [-0.4, -0.2) is 20.4 Å². The highest BCUT2D eigenvalue weighted by molar-refractivity contribution is 6.36. The third-order valence-corrected chi connectivity index (χ3v) is 3.56. The Labute approximate surface area is 134 Å². The quantitative estimate of drug-likeness (QED) is 0.735. The molecule has 5 heteroatoms. The lowest BCUT2D eigenvalue weighted by Crippen LogP contribution is -1.95. The van der Waals surface area contributed by atoms with Gasteiger partial charge in [-0.15, -0.1) is 0 Å². The fourth-order valence-corrected chi connectivity index (χ4v) is 2.32. The van der Waals surface area contributed by atoms with Crippen LogP contribution in [0.3, 0.4) is 0 Å². The van der Waals surface area contributed by atoms with Crippen LogP contribution in [0.4, 0.5) is 5.69 Å². The Morgan fingerprint density at radius 2 is 1.67 bits per heavy atom. The van der Waals surface area contributed by atoms with Crippen molar-refractivity contribution in [1.29, 1.82) is 0 Å². The number of ether oxygens (including phenoxy) is 2. The van der Waals surface area contributed by atoms with Crippen molar-refractivity contribution in [3.05, 3.63) is 51.5 Å². The molecule has 0 fully saturated rings. The summed E-state index contributed by atoms with van der Waals surface area (Å²) < 4.78 is 10.6. The highest BCUT2D eigenvalue weighted by Gasteiger charge is 2.07. The molecule has 0 aromatic heterocycles. The van der Waals surface area contributed by atoms with E-state index in [1.165, 1.54) is 0 Å². The van der Waals surface area contributed by atoms with Gasteiger partial charge in [0.1, 0.15) is 0 Å². The van der Waals surface area contributed by atoms with Crippen molar-refractivity contribution in [1.82, 2.24) is 0 Å². The molecule has 0 atom stereocenters. The predicted octanol–water partition coefficient (Wildman–Crippen LogP) is 5.07. The van der Waals surface area contributed by atoms with Crippen molar-refractivity contribution in [3.63, 3.8) is 0 Å². The summed E-state index contributed by atoms with van der Waals surface area (Å²) in [6, 6.07) is 8.97. The molecule has 0 aliphatic rings. The maximum absolute atomic E-state index is 6.10. The Hall–Kier alpha value is -1.71. The lowest BCUT2D eigenvalue weighted by Gasteiger charge is -2.10. The molecule has 3 nitrogen and oxygen atoms in total. The fraction of sp³-hybridized carbons (Fsp3) is 0.188. The highest BCUT2D eigenvalue weighted by atomic mass is 35.5. The molecule has 0 saturated carbocycles. The molecule has 0 radical (unpaired) electrons. The molecular formula is C16H15Cl2NO2. The summed E-state index contributed by atoms with van der Waals surface area (Å²) in [7, 11) is 3.21. The van der Waals surface area contributed by atoms with Crippen molar-refractivity contribution < 1.29 is 9.47 Å². The van der Waals surface area contributed by atoms with Gasteiger partial charge in [0, 0.05) is 11.2 Å². The minimum Gasteiger partial charge on any atom is -0.493 e. The van der Waals surface area contributed by atoms with E-state index in [4.69, 9.17) is 32.7 Å². The molecule has 0 unspecified atom stereocenters. The second-order valence-electron chi connectivity index (χ2n) is 4.42. The summed E-state index contributed by atoms with van der Waals surface area (Å²) >= 11 is 12.0. The van der Waals surface area contributed by atoms with Gasteiger partial charge in [0.25, 0.3) is 0 Å². The Balaban J connectivity index is 2.36. The van der Waals surface area contributed by atoms with Crippen LogP contribution >= 0.6 is 23.2 Å². The molecule has 2 aromatic rings. The lowest BCUT2D eigenvalue weighted by molar-refractivity contribution is 0.354. The van der Waals surface area contributed by atoms with Crippen LogP contribution in [0.5, 0.6) is 11.5 Å². The first-order valence-corrected chi connectivity index (χ1v) is 7.02. The van der Waals surface area contributed by atoms with Crippen LogP contribution in [0.15, 0.2) is 35.3 Å². The molecule has 0 saturated heterocycles. The third-order valence-electron chi connectivity index (χ3n) is 3.02. The van der Waals surface area contributed by atoms with Crippen molar-refractivity contribution in [3.8, 4) is 11.5 Å². The van der Waals surface area contributed by atoms with Gasteiger partial charge < -0.3 is 9.47 Å². The van der Waals surface area contributed by atoms with Crippen molar-refractivity contribution in [2.75, 3.05) is 14.2 Å². The number of aryl methyl sites for hydroxylation is 1. The van der Waals surface area contributed by atoms with Crippen LogP contribution in [-0.2, 0) is 0 Å². The standard InChI is InChI=1S/C16H15Cl2NO2/c1-10-6-15(20-2)16(21-3)7-11(10)9-19-14-5-4-12(17)8-13(14)18/h4-9H,1-3H3. The van der Waals surface area contributed by atoms with Gasteiger partial charge in [-0.2, -0.15) is 0 Å². The van der Waals surface area contributed by atoms with Crippen LogP contribution in [0.1, 0.15) is 11.1 Å². The Morgan fingerprint density at radius 1 is 1.00 bits per heavy atom. The monoisotopic (exact) mass is 323 g/mol.